The molecule has 2 rings (SSSR count). The molecule has 0 bridgehead atoms. The number of ether oxygens (including phenoxy) is 1. The summed E-state index contributed by atoms with van der Waals surface area (Å²) in [5.41, 5.74) is -1.09. The number of aliphatic hydroxyl groups excluding tert-OH is 2. The standard InChI is InChI=1S/C9H12N2O5/c12-4-6-5(13)3-8(16-6)11-7(14)1-2-10-9(11)15/h1-2,5-6,8,12-13H,3-4H2,(H,10,15)/t5?,6-,8?/m1/s1. The molecule has 0 spiro atoms. The Bertz CT molecular complexity index is 451. The van der Waals surface area contributed by atoms with Crippen LogP contribution in [0.15, 0.2) is 21.9 Å². The van der Waals surface area contributed by atoms with Gasteiger partial charge >= 0.3 is 5.69 Å². The summed E-state index contributed by atoms with van der Waals surface area (Å²) in [4.78, 5) is 25.2. The zero-order valence-corrected chi connectivity index (χ0v) is 8.37. The van der Waals surface area contributed by atoms with Gasteiger partial charge in [-0.15, -0.1) is 0 Å². The molecule has 2 heterocycles. The largest absolute Gasteiger partial charge is 0.394 e. The Morgan fingerprint density at radius 1 is 1.56 bits per heavy atom. The maximum Gasteiger partial charge on any atom is 0.330 e. The minimum absolute atomic E-state index is 0.109. The molecule has 1 fully saturated rings. The topological polar surface area (TPSA) is 105 Å². The van der Waals surface area contributed by atoms with E-state index in [0.717, 1.165) is 4.57 Å². The number of aromatic amines is 1. The summed E-state index contributed by atoms with van der Waals surface area (Å²) in [5, 5.41) is 18.4. The van der Waals surface area contributed by atoms with E-state index < -0.39 is 29.7 Å². The van der Waals surface area contributed by atoms with E-state index in [1.807, 2.05) is 0 Å². The number of hydrogen-bond donors (Lipinski definition) is 3. The normalized spacial score (nSPS) is 29.5. The van der Waals surface area contributed by atoms with Gasteiger partial charge in [-0.05, 0) is 0 Å². The van der Waals surface area contributed by atoms with E-state index in [1.165, 1.54) is 12.3 Å². The zero-order chi connectivity index (χ0) is 11.7. The molecule has 1 aliphatic heterocycles. The van der Waals surface area contributed by atoms with Crippen LogP contribution in [-0.4, -0.2) is 38.6 Å². The molecule has 3 atom stereocenters. The van der Waals surface area contributed by atoms with Gasteiger partial charge in [0.05, 0.1) is 12.7 Å². The van der Waals surface area contributed by atoms with Crippen molar-refractivity contribution in [3.63, 3.8) is 0 Å². The number of aromatic nitrogens is 2. The van der Waals surface area contributed by atoms with Gasteiger partial charge in [-0.2, -0.15) is 0 Å². The highest BCUT2D eigenvalue weighted by Crippen LogP contribution is 2.26. The molecule has 1 aromatic rings. The Balaban J connectivity index is 2.34. The summed E-state index contributed by atoms with van der Waals surface area (Å²) in [5.74, 6) is 0. The molecule has 7 heteroatoms. The van der Waals surface area contributed by atoms with Crippen molar-refractivity contribution in [2.75, 3.05) is 6.61 Å². The van der Waals surface area contributed by atoms with E-state index in [4.69, 9.17) is 9.84 Å². The summed E-state index contributed by atoms with van der Waals surface area (Å²) in [7, 11) is 0. The highest BCUT2D eigenvalue weighted by atomic mass is 16.5. The van der Waals surface area contributed by atoms with Crippen molar-refractivity contribution in [2.24, 2.45) is 0 Å². The second-order valence-electron chi connectivity index (χ2n) is 3.61. The van der Waals surface area contributed by atoms with E-state index in [0.29, 0.717) is 0 Å². The number of aliphatic hydroxyl groups is 2. The van der Waals surface area contributed by atoms with Crippen molar-refractivity contribution < 1.29 is 14.9 Å². The maximum absolute atomic E-state index is 11.4. The van der Waals surface area contributed by atoms with Gasteiger partial charge in [0.2, 0.25) is 0 Å². The summed E-state index contributed by atoms with van der Waals surface area (Å²) in [6.45, 7) is -0.350. The molecule has 1 aromatic heterocycles. The third-order valence-corrected chi connectivity index (χ3v) is 2.56. The first-order valence-electron chi connectivity index (χ1n) is 4.88. The fraction of sp³-hybridized carbons (Fsp3) is 0.556. The Labute approximate surface area is 89.9 Å². The van der Waals surface area contributed by atoms with Crippen molar-refractivity contribution in [3.8, 4) is 0 Å². The second kappa shape index (κ2) is 4.20. The first-order chi connectivity index (χ1) is 7.63. The van der Waals surface area contributed by atoms with Crippen LogP contribution in [0.2, 0.25) is 0 Å². The minimum Gasteiger partial charge on any atom is -0.394 e. The molecular formula is C9H12N2O5. The van der Waals surface area contributed by atoms with Gasteiger partial charge in [-0.25, -0.2) is 9.36 Å². The Morgan fingerprint density at radius 2 is 2.31 bits per heavy atom. The lowest BCUT2D eigenvalue weighted by atomic mass is 10.2. The highest BCUT2D eigenvalue weighted by molar-refractivity contribution is 4.88. The smallest absolute Gasteiger partial charge is 0.330 e. The molecule has 88 valence electrons. The van der Waals surface area contributed by atoms with Crippen LogP contribution in [0.4, 0.5) is 0 Å². The summed E-state index contributed by atoms with van der Waals surface area (Å²) in [6.07, 6.45) is -1.10. The van der Waals surface area contributed by atoms with Crippen LogP contribution in [0.5, 0.6) is 0 Å². The van der Waals surface area contributed by atoms with Crippen LogP contribution in [0.25, 0.3) is 0 Å². The molecule has 0 amide bonds. The average Bonchev–Trinajstić information content (AvgIpc) is 2.59. The Kier molecular flexibility index (Phi) is 2.90. The van der Waals surface area contributed by atoms with Crippen LogP contribution in [-0.2, 0) is 4.74 Å². The van der Waals surface area contributed by atoms with Gasteiger partial charge in [0.25, 0.3) is 5.56 Å². The fourth-order valence-electron chi connectivity index (χ4n) is 1.74. The predicted molar refractivity (Wildman–Crippen MR) is 52.9 cm³/mol. The number of nitrogens with one attached hydrogen (secondary N) is 1. The minimum atomic E-state index is -0.874. The van der Waals surface area contributed by atoms with Crippen molar-refractivity contribution in [2.45, 2.75) is 24.9 Å². The first kappa shape index (κ1) is 11.1. The lowest BCUT2D eigenvalue weighted by molar-refractivity contribution is -0.0469. The Hall–Kier alpha value is -1.44. The van der Waals surface area contributed by atoms with Crippen LogP contribution in [0.3, 0.4) is 0 Å². The van der Waals surface area contributed by atoms with Gasteiger partial charge < -0.3 is 19.9 Å². The SMILES string of the molecule is O=c1cc[nH]c(=O)n1C1CC(O)[C@@H](CO)O1. The van der Waals surface area contributed by atoms with E-state index in [9.17, 15) is 14.7 Å². The lowest BCUT2D eigenvalue weighted by Gasteiger charge is -2.12. The molecular weight excluding hydrogens is 216 g/mol. The third kappa shape index (κ3) is 1.80. The lowest BCUT2D eigenvalue weighted by Crippen LogP contribution is -2.37. The fourth-order valence-corrected chi connectivity index (χ4v) is 1.74. The zero-order valence-electron chi connectivity index (χ0n) is 8.37. The van der Waals surface area contributed by atoms with Gasteiger partial charge in [-0.1, -0.05) is 0 Å². The molecule has 1 aliphatic rings. The quantitative estimate of drug-likeness (QED) is 0.552. The summed E-state index contributed by atoms with van der Waals surface area (Å²) >= 11 is 0. The Morgan fingerprint density at radius 3 is 2.88 bits per heavy atom. The monoisotopic (exact) mass is 228 g/mol. The van der Waals surface area contributed by atoms with Crippen molar-refractivity contribution in [3.05, 3.63) is 33.1 Å². The van der Waals surface area contributed by atoms with Crippen molar-refractivity contribution in [1.29, 1.82) is 0 Å². The van der Waals surface area contributed by atoms with Crippen LogP contribution >= 0.6 is 0 Å². The van der Waals surface area contributed by atoms with E-state index in [-0.39, 0.29) is 13.0 Å². The van der Waals surface area contributed by atoms with Crippen molar-refractivity contribution >= 4 is 0 Å². The molecule has 2 unspecified atom stereocenters. The average molecular weight is 228 g/mol. The van der Waals surface area contributed by atoms with E-state index in [2.05, 4.69) is 4.98 Å². The number of rotatable bonds is 2. The second-order valence-corrected chi connectivity index (χ2v) is 3.61. The molecule has 1 saturated heterocycles. The molecule has 0 radical (unpaired) electrons. The predicted octanol–water partition coefficient (Wildman–Crippen LogP) is -1.82. The molecule has 16 heavy (non-hydrogen) atoms. The van der Waals surface area contributed by atoms with Crippen LogP contribution in [0.1, 0.15) is 12.6 Å². The highest BCUT2D eigenvalue weighted by Gasteiger charge is 2.35. The van der Waals surface area contributed by atoms with E-state index in [1.54, 1.807) is 0 Å². The molecule has 7 nitrogen and oxygen atoms in total. The summed E-state index contributed by atoms with van der Waals surface area (Å²) < 4.78 is 6.10. The maximum atomic E-state index is 11.4. The summed E-state index contributed by atoms with van der Waals surface area (Å²) in [6, 6.07) is 1.20. The molecule has 0 aliphatic carbocycles. The number of nitrogens with zero attached hydrogens (tertiary/aromatic N) is 1. The van der Waals surface area contributed by atoms with E-state index >= 15 is 0 Å². The van der Waals surface area contributed by atoms with Crippen LogP contribution in [0, 0.1) is 0 Å². The van der Waals surface area contributed by atoms with Gasteiger partial charge in [0.15, 0.2) is 0 Å². The first-order valence-corrected chi connectivity index (χ1v) is 4.88. The molecule has 3 N–H and O–H groups in total. The van der Waals surface area contributed by atoms with Gasteiger partial charge in [0, 0.05) is 18.7 Å². The van der Waals surface area contributed by atoms with Crippen LogP contribution < -0.4 is 11.2 Å². The van der Waals surface area contributed by atoms with Crippen molar-refractivity contribution in [1.82, 2.24) is 9.55 Å². The third-order valence-electron chi connectivity index (χ3n) is 2.56. The van der Waals surface area contributed by atoms with Gasteiger partial charge in [-0.3, -0.25) is 4.79 Å². The molecule has 0 aromatic carbocycles. The number of H-pyrrole nitrogens is 1. The molecule has 0 saturated carbocycles. The number of hydrogen-bond acceptors (Lipinski definition) is 5. The van der Waals surface area contributed by atoms with Gasteiger partial charge in [0.1, 0.15) is 12.3 Å².